The first-order valence-electron chi connectivity index (χ1n) is 3.82. The third-order valence-corrected chi connectivity index (χ3v) is 2.48. The minimum absolute atomic E-state index is 0.0868. The summed E-state index contributed by atoms with van der Waals surface area (Å²) >= 11 is 2.96. The standard InChI is InChI=1S/C7H10BrNO4/c8-2-6(11)9-3-4(10)1-5(9)7(12)13/h4-5,10H,1-3H2,(H,12,13)/t4?,5-/m1/s1. The molecule has 0 bridgehead atoms. The molecule has 0 aromatic heterocycles. The lowest BCUT2D eigenvalue weighted by atomic mass is 10.2. The zero-order valence-electron chi connectivity index (χ0n) is 6.81. The molecule has 0 radical (unpaired) electrons. The van der Waals surface area contributed by atoms with Gasteiger partial charge in [0.25, 0.3) is 0 Å². The molecule has 2 atom stereocenters. The fraction of sp³-hybridized carbons (Fsp3) is 0.714. The van der Waals surface area contributed by atoms with Crippen molar-refractivity contribution in [1.82, 2.24) is 4.90 Å². The molecule has 1 saturated heterocycles. The molecule has 0 saturated carbocycles. The number of likely N-dealkylation sites (tertiary alicyclic amines) is 1. The van der Waals surface area contributed by atoms with Crippen LogP contribution in [0.3, 0.4) is 0 Å². The molecule has 1 aliphatic heterocycles. The molecule has 74 valence electrons. The van der Waals surface area contributed by atoms with Crippen molar-refractivity contribution >= 4 is 27.8 Å². The number of carboxylic acids is 1. The van der Waals surface area contributed by atoms with Crippen molar-refractivity contribution in [1.29, 1.82) is 0 Å². The number of aliphatic hydroxyl groups is 1. The Morgan fingerprint density at radius 2 is 2.15 bits per heavy atom. The Bertz CT molecular complexity index is 233. The number of aliphatic carboxylic acids is 1. The van der Waals surface area contributed by atoms with Gasteiger partial charge in [0.2, 0.25) is 5.91 Å². The van der Waals surface area contributed by atoms with Crippen molar-refractivity contribution in [3.63, 3.8) is 0 Å². The molecule has 0 aromatic rings. The molecule has 0 spiro atoms. The van der Waals surface area contributed by atoms with Gasteiger partial charge in [0.05, 0.1) is 11.4 Å². The van der Waals surface area contributed by atoms with Crippen LogP contribution in [0.1, 0.15) is 6.42 Å². The van der Waals surface area contributed by atoms with E-state index in [9.17, 15) is 14.7 Å². The highest BCUT2D eigenvalue weighted by Crippen LogP contribution is 2.18. The number of alkyl halides is 1. The van der Waals surface area contributed by atoms with Crippen LogP contribution in [-0.4, -0.2) is 51.0 Å². The lowest BCUT2D eigenvalue weighted by Crippen LogP contribution is -2.41. The summed E-state index contributed by atoms with van der Waals surface area (Å²) in [7, 11) is 0. The Hall–Kier alpha value is -0.620. The molecule has 1 aliphatic rings. The van der Waals surface area contributed by atoms with Crippen LogP contribution in [-0.2, 0) is 9.59 Å². The van der Waals surface area contributed by atoms with E-state index < -0.39 is 18.1 Å². The Balaban J connectivity index is 2.71. The highest BCUT2D eigenvalue weighted by molar-refractivity contribution is 9.09. The molecular formula is C7H10BrNO4. The molecule has 1 unspecified atom stereocenters. The quantitative estimate of drug-likeness (QED) is 0.645. The zero-order chi connectivity index (χ0) is 10.0. The number of carbonyl (C=O) groups is 2. The number of aliphatic hydroxyl groups excluding tert-OH is 1. The minimum atomic E-state index is -1.06. The fourth-order valence-electron chi connectivity index (χ4n) is 1.40. The van der Waals surface area contributed by atoms with Crippen LogP contribution in [0.25, 0.3) is 0 Å². The van der Waals surface area contributed by atoms with Gasteiger partial charge in [0.15, 0.2) is 0 Å². The lowest BCUT2D eigenvalue weighted by molar-refractivity contribution is -0.147. The average Bonchev–Trinajstić information content (AvgIpc) is 2.46. The molecular weight excluding hydrogens is 242 g/mol. The molecule has 13 heavy (non-hydrogen) atoms. The molecule has 0 aliphatic carbocycles. The van der Waals surface area contributed by atoms with Crippen molar-refractivity contribution in [3.8, 4) is 0 Å². The summed E-state index contributed by atoms with van der Waals surface area (Å²) in [6.45, 7) is 0.113. The van der Waals surface area contributed by atoms with E-state index in [2.05, 4.69) is 15.9 Å². The predicted molar refractivity (Wildman–Crippen MR) is 47.6 cm³/mol. The number of nitrogens with zero attached hydrogens (tertiary/aromatic N) is 1. The van der Waals surface area contributed by atoms with E-state index in [1.165, 1.54) is 4.90 Å². The first-order chi connectivity index (χ1) is 6.06. The van der Waals surface area contributed by atoms with Gasteiger partial charge in [-0.25, -0.2) is 4.79 Å². The van der Waals surface area contributed by atoms with Crippen LogP contribution in [0.15, 0.2) is 0 Å². The molecule has 6 heteroatoms. The smallest absolute Gasteiger partial charge is 0.326 e. The van der Waals surface area contributed by atoms with Crippen molar-refractivity contribution in [2.45, 2.75) is 18.6 Å². The van der Waals surface area contributed by atoms with Gasteiger partial charge in [-0.05, 0) is 0 Å². The van der Waals surface area contributed by atoms with Crippen LogP contribution < -0.4 is 0 Å². The van der Waals surface area contributed by atoms with E-state index in [-0.39, 0.29) is 24.2 Å². The summed E-state index contributed by atoms with van der Waals surface area (Å²) in [5.74, 6) is -1.37. The number of amides is 1. The van der Waals surface area contributed by atoms with Gasteiger partial charge in [-0.3, -0.25) is 4.79 Å². The maximum atomic E-state index is 11.2. The van der Waals surface area contributed by atoms with Gasteiger partial charge in [-0.1, -0.05) is 15.9 Å². The normalized spacial score (nSPS) is 27.7. The zero-order valence-corrected chi connectivity index (χ0v) is 8.40. The maximum Gasteiger partial charge on any atom is 0.326 e. The van der Waals surface area contributed by atoms with Gasteiger partial charge >= 0.3 is 5.97 Å². The predicted octanol–water partition coefficient (Wildman–Crippen LogP) is -0.572. The first-order valence-corrected chi connectivity index (χ1v) is 4.94. The van der Waals surface area contributed by atoms with Gasteiger partial charge in [0, 0.05) is 13.0 Å². The maximum absolute atomic E-state index is 11.2. The Labute approximate surface area is 83.5 Å². The van der Waals surface area contributed by atoms with Crippen LogP contribution in [0.2, 0.25) is 0 Å². The number of hydrogen-bond donors (Lipinski definition) is 2. The third kappa shape index (κ3) is 2.19. The summed E-state index contributed by atoms with van der Waals surface area (Å²) in [6.07, 6.45) is -0.599. The number of rotatable bonds is 2. The molecule has 0 aromatic carbocycles. The summed E-state index contributed by atoms with van der Waals surface area (Å²) in [5, 5.41) is 18.0. The van der Waals surface area contributed by atoms with E-state index >= 15 is 0 Å². The van der Waals surface area contributed by atoms with E-state index in [0.717, 1.165) is 0 Å². The van der Waals surface area contributed by atoms with Gasteiger partial charge in [0.1, 0.15) is 6.04 Å². The first kappa shape index (κ1) is 10.5. The number of carbonyl (C=O) groups excluding carboxylic acids is 1. The SMILES string of the molecule is O=C(O)[C@H]1CC(O)CN1C(=O)CBr. The number of halogens is 1. The Morgan fingerprint density at radius 1 is 1.54 bits per heavy atom. The van der Waals surface area contributed by atoms with Gasteiger partial charge in [-0.2, -0.15) is 0 Å². The molecule has 2 N–H and O–H groups in total. The van der Waals surface area contributed by atoms with Crippen LogP contribution in [0.4, 0.5) is 0 Å². The lowest BCUT2D eigenvalue weighted by Gasteiger charge is -2.19. The van der Waals surface area contributed by atoms with Gasteiger partial charge in [-0.15, -0.1) is 0 Å². The van der Waals surface area contributed by atoms with E-state index in [1.807, 2.05) is 0 Å². The minimum Gasteiger partial charge on any atom is -0.480 e. The highest BCUT2D eigenvalue weighted by Gasteiger charge is 2.38. The average molecular weight is 252 g/mol. The Kier molecular flexibility index (Phi) is 3.27. The summed E-state index contributed by atoms with van der Waals surface area (Å²) in [5.41, 5.74) is 0. The highest BCUT2D eigenvalue weighted by atomic mass is 79.9. The molecule has 1 amide bonds. The summed E-state index contributed by atoms with van der Waals surface area (Å²) in [6, 6.07) is -0.875. The third-order valence-electron chi connectivity index (χ3n) is 2.00. The largest absolute Gasteiger partial charge is 0.480 e. The van der Waals surface area contributed by atoms with E-state index in [1.54, 1.807) is 0 Å². The van der Waals surface area contributed by atoms with Crippen LogP contribution >= 0.6 is 15.9 Å². The topological polar surface area (TPSA) is 77.8 Å². The summed E-state index contributed by atoms with van der Waals surface area (Å²) in [4.78, 5) is 23.0. The second-order valence-electron chi connectivity index (χ2n) is 2.92. The fourth-order valence-corrected chi connectivity index (χ4v) is 1.72. The second-order valence-corrected chi connectivity index (χ2v) is 3.48. The molecule has 1 fully saturated rings. The molecule has 1 rings (SSSR count). The van der Waals surface area contributed by atoms with Crippen molar-refractivity contribution in [2.75, 3.05) is 11.9 Å². The number of β-amino-alcohol motifs (C(OH)–C–C–N with tert-alkyl or cyclic N) is 1. The van der Waals surface area contributed by atoms with Gasteiger partial charge < -0.3 is 15.1 Å². The van der Waals surface area contributed by atoms with E-state index in [4.69, 9.17) is 5.11 Å². The van der Waals surface area contributed by atoms with Crippen molar-refractivity contribution in [3.05, 3.63) is 0 Å². The summed E-state index contributed by atoms with van der Waals surface area (Å²) < 4.78 is 0. The van der Waals surface area contributed by atoms with Crippen molar-refractivity contribution in [2.24, 2.45) is 0 Å². The van der Waals surface area contributed by atoms with Crippen molar-refractivity contribution < 1.29 is 19.8 Å². The molecule has 5 nitrogen and oxygen atoms in total. The van der Waals surface area contributed by atoms with Crippen LogP contribution in [0.5, 0.6) is 0 Å². The Morgan fingerprint density at radius 3 is 2.62 bits per heavy atom. The van der Waals surface area contributed by atoms with Crippen LogP contribution in [0, 0.1) is 0 Å². The number of carboxylic acid groups (broad SMARTS) is 1. The monoisotopic (exact) mass is 251 g/mol. The van der Waals surface area contributed by atoms with E-state index in [0.29, 0.717) is 0 Å². The second kappa shape index (κ2) is 4.06. The molecule has 1 heterocycles. The number of hydrogen-bond acceptors (Lipinski definition) is 3.